The highest BCUT2D eigenvalue weighted by Gasteiger charge is 2.61. The Kier molecular flexibility index (Phi) is 3.46. The quantitative estimate of drug-likeness (QED) is 0.645. The van der Waals surface area contributed by atoms with Gasteiger partial charge in [-0.3, -0.25) is 0 Å². The minimum absolute atomic E-state index is 0.0816. The second-order valence-corrected chi connectivity index (χ2v) is 9.36. The average molecular weight is 308 g/mol. The molecular formula is C19H32O3. The van der Waals surface area contributed by atoms with Crippen LogP contribution in [0.1, 0.15) is 65.2 Å². The van der Waals surface area contributed by atoms with Crippen LogP contribution in [0.5, 0.6) is 0 Å². The Morgan fingerprint density at radius 1 is 0.727 bits per heavy atom. The summed E-state index contributed by atoms with van der Waals surface area (Å²) in [7, 11) is 0. The summed E-state index contributed by atoms with van der Waals surface area (Å²) < 4.78 is 0. The number of rotatable bonds is 0. The molecule has 126 valence electrons. The van der Waals surface area contributed by atoms with Crippen molar-refractivity contribution in [2.75, 3.05) is 0 Å². The molecule has 0 saturated heterocycles. The fraction of sp³-hybridized carbons (Fsp3) is 1.00. The van der Waals surface area contributed by atoms with E-state index in [4.69, 9.17) is 0 Å². The summed E-state index contributed by atoms with van der Waals surface area (Å²) in [6.07, 6.45) is 7.42. The van der Waals surface area contributed by atoms with Crippen molar-refractivity contribution in [1.29, 1.82) is 0 Å². The molecule has 0 aromatic rings. The summed E-state index contributed by atoms with van der Waals surface area (Å²) in [4.78, 5) is 0. The molecule has 0 amide bonds. The lowest BCUT2D eigenvalue weighted by molar-refractivity contribution is -0.174. The summed E-state index contributed by atoms with van der Waals surface area (Å²) in [6, 6.07) is 0. The van der Waals surface area contributed by atoms with Crippen LogP contribution in [0.15, 0.2) is 0 Å². The van der Waals surface area contributed by atoms with E-state index in [0.29, 0.717) is 17.8 Å². The van der Waals surface area contributed by atoms with Gasteiger partial charge in [0, 0.05) is 0 Å². The predicted octanol–water partition coefficient (Wildman–Crippen LogP) is 2.72. The van der Waals surface area contributed by atoms with Crippen molar-refractivity contribution in [3.63, 3.8) is 0 Å². The Labute approximate surface area is 134 Å². The van der Waals surface area contributed by atoms with Gasteiger partial charge in [-0.2, -0.15) is 0 Å². The maximum atomic E-state index is 10.8. The zero-order valence-corrected chi connectivity index (χ0v) is 14.0. The third-order valence-corrected chi connectivity index (χ3v) is 8.60. The fourth-order valence-electron chi connectivity index (χ4n) is 7.25. The molecule has 4 aliphatic carbocycles. The highest BCUT2D eigenvalue weighted by Crippen LogP contribution is 2.66. The van der Waals surface area contributed by atoms with Gasteiger partial charge in [-0.15, -0.1) is 0 Å². The van der Waals surface area contributed by atoms with Crippen LogP contribution in [0.3, 0.4) is 0 Å². The first kappa shape index (κ1) is 15.4. The summed E-state index contributed by atoms with van der Waals surface area (Å²) in [5, 5.41) is 31.4. The van der Waals surface area contributed by atoms with E-state index in [0.717, 1.165) is 44.9 Å². The zero-order chi connectivity index (χ0) is 15.7. The van der Waals surface area contributed by atoms with Crippen LogP contribution in [0, 0.1) is 34.5 Å². The SMILES string of the molecule is C[C@]12CC[C@H](O)C[C@H]1[C@H](O)C[C@@H]1[C@@H]2CC[C@]2(C)[C@@H](O)CC[C@@H]12. The first-order chi connectivity index (χ1) is 10.4. The lowest BCUT2D eigenvalue weighted by atomic mass is 9.44. The van der Waals surface area contributed by atoms with Crippen molar-refractivity contribution in [2.24, 2.45) is 34.5 Å². The number of fused-ring (bicyclic) bond motifs is 5. The summed E-state index contributed by atoms with van der Waals surface area (Å²) in [6.45, 7) is 4.68. The highest BCUT2D eigenvalue weighted by atomic mass is 16.3. The molecule has 4 saturated carbocycles. The number of aliphatic hydroxyl groups is 3. The molecule has 3 N–H and O–H groups in total. The summed E-state index contributed by atoms with van der Waals surface area (Å²) in [5.74, 6) is 2.10. The van der Waals surface area contributed by atoms with E-state index in [2.05, 4.69) is 13.8 Å². The third-order valence-electron chi connectivity index (χ3n) is 8.60. The first-order valence-electron chi connectivity index (χ1n) is 9.40. The van der Waals surface area contributed by atoms with Crippen LogP contribution in [0.4, 0.5) is 0 Å². The van der Waals surface area contributed by atoms with Gasteiger partial charge in [-0.25, -0.2) is 0 Å². The van der Waals surface area contributed by atoms with Crippen molar-refractivity contribution in [3.05, 3.63) is 0 Å². The zero-order valence-electron chi connectivity index (χ0n) is 14.0. The smallest absolute Gasteiger partial charge is 0.0596 e. The number of hydrogen-bond acceptors (Lipinski definition) is 3. The van der Waals surface area contributed by atoms with Gasteiger partial charge in [0.2, 0.25) is 0 Å². The fourth-order valence-corrected chi connectivity index (χ4v) is 7.25. The van der Waals surface area contributed by atoms with E-state index >= 15 is 0 Å². The van der Waals surface area contributed by atoms with E-state index in [-0.39, 0.29) is 35.1 Å². The summed E-state index contributed by atoms with van der Waals surface area (Å²) >= 11 is 0. The molecule has 4 aliphatic rings. The second kappa shape index (κ2) is 4.94. The minimum atomic E-state index is -0.263. The second-order valence-electron chi connectivity index (χ2n) is 9.36. The molecule has 0 spiro atoms. The van der Waals surface area contributed by atoms with E-state index < -0.39 is 0 Å². The molecule has 0 aliphatic heterocycles. The molecule has 0 radical (unpaired) electrons. The van der Waals surface area contributed by atoms with Gasteiger partial charge in [0.15, 0.2) is 0 Å². The van der Waals surface area contributed by atoms with Gasteiger partial charge in [0.25, 0.3) is 0 Å². The third kappa shape index (κ3) is 1.91. The van der Waals surface area contributed by atoms with E-state index in [1.165, 1.54) is 6.42 Å². The molecule has 4 rings (SSSR count). The maximum Gasteiger partial charge on any atom is 0.0596 e. The van der Waals surface area contributed by atoms with Gasteiger partial charge in [0.1, 0.15) is 0 Å². The molecule has 0 unspecified atom stereocenters. The Bertz CT molecular complexity index is 452. The van der Waals surface area contributed by atoms with Crippen LogP contribution in [-0.4, -0.2) is 33.6 Å². The number of aliphatic hydroxyl groups excluding tert-OH is 3. The van der Waals surface area contributed by atoms with Crippen LogP contribution in [-0.2, 0) is 0 Å². The van der Waals surface area contributed by atoms with Crippen molar-refractivity contribution in [1.82, 2.24) is 0 Å². The monoisotopic (exact) mass is 308 g/mol. The molecule has 3 heteroatoms. The molecule has 0 bridgehead atoms. The van der Waals surface area contributed by atoms with Gasteiger partial charge < -0.3 is 15.3 Å². The topological polar surface area (TPSA) is 60.7 Å². The summed E-state index contributed by atoms with van der Waals surface area (Å²) in [5.41, 5.74) is 0.273. The van der Waals surface area contributed by atoms with Crippen LogP contribution >= 0.6 is 0 Å². The maximum absolute atomic E-state index is 10.8. The van der Waals surface area contributed by atoms with E-state index in [1.54, 1.807) is 0 Å². The van der Waals surface area contributed by atoms with Gasteiger partial charge >= 0.3 is 0 Å². The van der Waals surface area contributed by atoms with Crippen LogP contribution in [0.2, 0.25) is 0 Å². The number of hydrogen-bond donors (Lipinski definition) is 3. The van der Waals surface area contributed by atoms with Crippen molar-refractivity contribution in [2.45, 2.75) is 83.5 Å². The average Bonchev–Trinajstić information content (AvgIpc) is 2.77. The molecule has 22 heavy (non-hydrogen) atoms. The van der Waals surface area contributed by atoms with Crippen LogP contribution < -0.4 is 0 Å². The van der Waals surface area contributed by atoms with Crippen molar-refractivity contribution >= 4 is 0 Å². The molecule has 9 atom stereocenters. The Balaban J connectivity index is 1.66. The first-order valence-corrected chi connectivity index (χ1v) is 9.40. The van der Waals surface area contributed by atoms with Crippen molar-refractivity contribution < 1.29 is 15.3 Å². The van der Waals surface area contributed by atoms with E-state index in [1.807, 2.05) is 0 Å². The Hall–Kier alpha value is -0.120. The Morgan fingerprint density at radius 3 is 2.18 bits per heavy atom. The predicted molar refractivity (Wildman–Crippen MR) is 85.1 cm³/mol. The molecule has 0 aromatic carbocycles. The molecule has 4 fully saturated rings. The van der Waals surface area contributed by atoms with Gasteiger partial charge in [0.05, 0.1) is 18.3 Å². The molecule has 0 heterocycles. The Morgan fingerprint density at radius 2 is 1.41 bits per heavy atom. The standard InChI is InChI=1S/C19H32O3/c1-18-7-5-11(20)9-15(18)16(21)10-12-13-3-4-17(22)19(13,2)8-6-14(12)18/h11-17,20-22H,3-10H2,1-2H3/t11-,12-,13-,14-,15-,16+,17-,18+,19-/m0/s1. The lowest BCUT2D eigenvalue weighted by Gasteiger charge is -2.61. The minimum Gasteiger partial charge on any atom is -0.393 e. The normalized spacial score (nSPS) is 61.2. The van der Waals surface area contributed by atoms with Gasteiger partial charge in [-0.1, -0.05) is 13.8 Å². The highest BCUT2D eigenvalue weighted by molar-refractivity contribution is 5.11. The largest absolute Gasteiger partial charge is 0.393 e. The molecule has 3 nitrogen and oxygen atoms in total. The molecule has 0 aromatic heterocycles. The van der Waals surface area contributed by atoms with Crippen molar-refractivity contribution in [3.8, 4) is 0 Å². The van der Waals surface area contributed by atoms with E-state index in [9.17, 15) is 15.3 Å². The van der Waals surface area contributed by atoms with Gasteiger partial charge in [-0.05, 0) is 85.9 Å². The molecular weight excluding hydrogens is 276 g/mol. The lowest BCUT2D eigenvalue weighted by Crippen LogP contribution is -2.58. The van der Waals surface area contributed by atoms with Crippen LogP contribution in [0.25, 0.3) is 0 Å².